The molecule has 0 aliphatic carbocycles. The van der Waals surface area contributed by atoms with Crippen LogP contribution >= 0.6 is 11.8 Å². The summed E-state index contributed by atoms with van der Waals surface area (Å²) in [6.45, 7) is 4.08. The number of aliphatic hydroxyl groups excluding tert-OH is 1. The number of rotatable bonds is 5. The van der Waals surface area contributed by atoms with Crippen molar-refractivity contribution in [2.75, 3.05) is 20.6 Å². The molecule has 9 heteroatoms. The zero-order chi connectivity index (χ0) is 19.3. The number of carboxylic acids is 1. The van der Waals surface area contributed by atoms with Gasteiger partial charge in [-0.3, -0.25) is 9.59 Å². The van der Waals surface area contributed by atoms with E-state index in [2.05, 4.69) is 5.32 Å². The summed E-state index contributed by atoms with van der Waals surface area (Å²) in [5.74, 6) is -2.14. The molecule has 2 saturated heterocycles. The lowest BCUT2D eigenvalue weighted by Gasteiger charge is -2.46. The van der Waals surface area contributed by atoms with Crippen LogP contribution in [0.4, 0.5) is 0 Å². The van der Waals surface area contributed by atoms with E-state index < -0.39 is 18.0 Å². The lowest BCUT2D eigenvalue weighted by Crippen LogP contribution is -2.63. The number of hydrogen-bond acceptors (Lipinski definition) is 6. The Morgan fingerprint density at radius 2 is 2.04 bits per heavy atom. The van der Waals surface area contributed by atoms with Gasteiger partial charge in [-0.15, -0.1) is 11.8 Å². The monoisotopic (exact) mass is 383 g/mol. The maximum Gasteiger partial charge on any atom is 0.353 e. The molecule has 144 valence electrons. The van der Waals surface area contributed by atoms with E-state index in [1.54, 1.807) is 25.9 Å². The summed E-state index contributed by atoms with van der Waals surface area (Å²) in [6, 6.07) is -0.568. The van der Waals surface area contributed by atoms with Gasteiger partial charge in [0, 0.05) is 36.7 Å². The fourth-order valence-corrected chi connectivity index (χ4v) is 5.63. The van der Waals surface area contributed by atoms with E-state index in [9.17, 15) is 24.6 Å². The molecule has 26 heavy (non-hydrogen) atoms. The van der Waals surface area contributed by atoms with Crippen LogP contribution in [0, 0.1) is 11.8 Å². The van der Waals surface area contributed by atoms with Crippen molar-refractivity contribution < 1.29 is 24.6 Å². The zero-order valence-corrected chi connectivity index (χ0v) is 16.1. The van der Waals surface area contributed by atoms with Gasteiger partial charge < -0.3 is 25.3 Å². The summed E-state index contributed by atoms with van der Waals surface area (Å²) >= 11 is 1.45. The standard InChI is InChI=1S/C17H25N3O5S/c1-7-12-11(8(2)21)16(23)20(12)13(17(24)25)14(7)26-9-5-10(18-6-9)15(22)19(3)4/h7-12,18,21H,5-6H2,1-4H3,(H,24,25)/t7-,8-,9-,10-,11-,12-/m0/s1. The van der Waals surface area contributed by atoms with Crippen LogP contribution in [-0.4, -0.2) is 81.9 Å². The number of carboxylic acid groups (broad SMARTS) is 1. The van der Waals surface area contributed by atoms with Crippen LogP contribution in [-0.2, 0) is 14.4 Å². The van der Waals surface area contributed by atoms with E-state index in [4.69, 9.17) is 0 Å². The molecule has 0 aromatic carbocycles. The number of nitrogens with one attached hydrogen (secondary N) is 1. The number of fused-ring (bicyclic) bond motifs is 1. The zero-order valence-electron chi connectivity index (χ0n) is 15.3. The second-order valence-corrected chi connectivity index (χ2v) is 8.78. The van der Waals surface area contributed by atoms with Crippen molar-refractivity contribution in [3.63, 3.8) is 0 Å². The molecule has 0 bridgehead atoms. The van der Waals surface area contributed by atoms with Crippen LogP contribution in [0.15, 0.2) is 10.6 Å². The molecule has 3 rings (SSSR count). The molecule has 2 fully saturated rings. The molecular weight excluding hydrogens is 358 g/mol. The predicted molar refractivity (Wildman–Crippen MR) is 96.1 cm³/mol. The number of likely N-dealkylation sites (N-methyl/N-ethyl adjacent to an activating group) is 1. The molecule has 8 nitrogen and oxygen atoms in total. The SMILES string of the molecule is C[C@H](O)[C@@H]1C(=O)N2C(C(=O)O)=C(S[C@@H]3CN[C@H](C(=O)N(C)C)C3)[C@@H](C)[C@@H]12. The maximum absolute atomic E-state index is 12.3. The van der Waals surface area contributed by atoms with E-state index >= 15 is 0 Å². The van der Waals surface area contributed by atoms with Gasteiger partial charge in [-0.25, -0.2) is 4.79 Å². The van der Waals surface area contributed by atoms with E-state index in [1.165, 1.54) is 16.7 Å². The Bertz CT molecular complexity index is 677. The van der Waals surface area contributed by atoms with Gasteiger partial charge >= 0.3 is 5.97 Å². The van der Waals surface area contributed by atoms with Crippen LogP contribution in [0.3, 0.4) is 0 Å². The third-order valence-electron chi connectivity index (χ3n) is 5.43. The summed E-state index contributed by atoms with van der Waals surface area (Å²) in [4.78, 5) is 39.8. The molecule has 0 radical (unpaired) electrons. The quantitative estimate of drug-likeness (QED) is 0.559. The molecule has 2 amide bonds. The largest absolute Gasteiger partial charge is 0.477 e. The molecule has 0 unspecified atom stereocenters. The first-order valence-corrected chi connectivity index (χ1v) is 9.62. The number of carbonyl (C=O) groups excluding carboxylic acids is 2. The first-order valence-electron chi connectivity index (χ1n) is 8.75. The smallest absolute Gasteiger partial charge is 0.353 e. The molecule has 6 atom stereocenters. The minimum Gasteiger partial charge on any atom is -0.477 e. The predicted octanol–water partition coefficient (Wildman–Crippen LogP) is -0.308. The molecule has 0 aromatic heterocycles. The summed E-state index contributed by atoms with van der Waals surface area (Å²) in [5, 5.41) is 22.8. The number of aliphatic hydroxyl groups is 1. The van der Waals surface area contributed by atoms with E-state index in [0.29, 0.717) is 17.9 Å². The van der Waals surface area contributed by atoms with Crippen molar-refractivity contribution >= 4 is 29.5 Å². The topological polar surface area (TPSA) is 110 Å². The first-order chi connectivity index (χ1) is 12.1. The molecule has 3 aliphatic rings. The number of β-lactam (4-membered cyclic amide) rings is 1. The Balaban J connectivity index is 1.78. The lowest BCUT2D eigenvalue weighted by molar-refractivity contribution is -0.163. The lowest BCUT2D eigenvalue weighted by atomic mass is 9.79. The van der Waals surface area contributed by atoms with Gasteiger partial charge in [0.15, 0.2) is 0 Å². The van der Waals surface area contributed by atoms with Crippen LogP contribution in [0.25, 0.3) is 0 Å². The second-order valence-electron chi connectivity index (χ2n) is 7.44. The third-order valence-corrected chi connectivity index (χ3v) is 6.95. The Morgan fingerprint density at radius 3 is 2.58 bits per heavy atom. The maximum atomic E-state index is 12.3. The number of thioether (sulfide) groups is 1. The van der Waals surface area contributed by atoms with Crippen molar-refractivity contribution in [1.29, 1.82) is 0 Å². The molecule has 0 spiro atoms. The van der Waals surface area contributed by atoms with E-state index in [1.807, 2.05) is 6.92 Å². The third kappa shape index (κ3) is 2.91. The normalized spacial score (nSPS) is 34.6. The summed E-state index contributed by atoms with van der Waals surface area (Å²) in [6.07, 6.45) is -0.190. The van der Waals surface area contributed by atoms with Crippen LogP contribution in [0.2, 0.25) is 0 Å². The highest BCUT2D eigenvalue weighted by atomic mass is 32.2. The highest BCUT2D eigenvalue weighted by Gasteiger charge is 2.60. The van der Waals surface area contributed by atoms with Crippen LogP contribution in [0.5, 0.6) is 0 Å². The summed E-state index contributed by atoms with van der Waals surface area (Å²) < 4.78 is 0. The number of nitrogens with zero attached hydrogens (tertiary/aromatic N) is 2. The van der Waals surface area contributed by atoms with Gasteiger partial charge in [0.25, 0.3) is 0 Å². The average Bonchev–Trinajstić information content (AvgIpc) is 3.09. The Hall–Kier alpha value is -1.58. The first kappa shape index (κ1) is 19.2. The second kappa shape index (κ2) is 6.86. The summed E-state index contributed by atoms with van der Waals surface area (Å²) in [5.41, 5.74) is 0.0387. The van der Waals surface area contributed by atoms with Crippen molar-refractivity contribution in [3.8, 4) is 0 Å². The van der Waals surface area contributed by atoms with Crippen molar-refractivity contribution in [2.24, 2.45) is 11.8 Å². The van der Waals surface area contributed by atoms with Crippen molar-refractivity contribution in [3.05, 3.63) is 10.6 Å². The molecule has 3 heterocycles. The highest BCUT2D eigenvalue weighted by Crippen LogP contribution is 2.51. The average molecular weight is 383 g/mol. The van der Waals surface area contributed by atoms with Crippen LogP contribution in [0.1, 0.15) is 20.3 Å². The summed E-state index contributed by atoms with van der Waals surface area (Å²) in [7, 11) is 3.42. The van der Waals surface area contributed by atoms with Gasteiger partial charge in [0.1, 0.15) is 5.70 Å². The molecule has 3 N–H and O–H groups in total. The van der Waals surface area contributed by atoms with Gasteiger partial charge in [-0.05, 0) is 13.3 Å². The molecular formula is C17H25N3O5S. The molecule has 3 aliphatic heterocycles. The van der Waals surface area contributed by atoms with Crippen LogP contribution < -0.4 is 5.32 Å². The number of hydrogen-bond donors (Lipinski definition) is 3. The van der Waals surface area contributed by atoms with Crippen molar-refractivity contribution in [1.82, 2.24) is 15.1 Å². The Labute approximate surface area is 156 Å². The fraction of sp³-hybridized carbons (Fsp3) is 0.706. The minimum atomic E-state index is -1.12. The molecule has 0 aromatic rings. The Morgan fingerprint density at radius 1 is 1.38 bits per heavy atom. The van der Waals surface area contributed by atoms with Gasteiger partial charge in [0.2, 0.25) is 11.8 Å². The van der Waals surface area contributed by atoms with Gasteiger partial charge in [-0.1, -0.05) is 6.92 Å². The minimum absolute atomic E-state index is 0.00757. The van der Waals surface area contributed by atoms with Gasteiger partial charge in [0.05, 0.1) is 24.1 Å². The highest BCUT2D eigenvalue weighted by molar-refractivity contribution is 8.03. The van der Waals surface area contributed by atoms with E-state index in [-0.39, 0.29) is 40.8 Å². The number of amides is 2. The fourth-order valence-electron chi connectivity index (χ4n) is 4.15. The van der Waals surface area contributed by atoms with E-state index in [0.717, 1.165) is 0 Å². The molecule has 0 saturated carbocycles. The van der Waals surface area contributed by atoms with Crippen molar-refractivity contribution in [2.45, 2.75) is 43.7 Å². The number of carbonyl (C=O) groups is 3. The Kier molecular flexibility index (Phi) is 5.06. The van der Waals surface area contributed by atoms with Gasteiger partial charge in [-0.2, -0.15) is 0 Å². The number of aliphatic carboxylic acids is 1.